The van der Waals surface area contributed by atoms with Crippen molar-refractivity contribution in [3.05, 3.63) is 0 Å². The van der Waals surface area contributed by atoms with Gasteiger partial charge >= 0.3 is 0 Å². The highest BCUT2D eigenvalue weighted by molar-refractivity contribution is 5.77. The molecule has 100 valence electrons. The second-order valence-electron chi connectivity index (χ2n) is 6.13. The molecule has 0 spiro atoms. The van der Waals surface area contributed by atoms with Crippen LogP contribution in [0.2, 0.25) is 0 Å². The number of amides is 1. The van der Waals surface area contributed by atoms with E-state index in [-0.39, 0.29) is 5.91 Å². The number of nitrogens with zero attached hydrogens (tertiary/aromatic N) is 1. The summed E-state index contributed by atoms with van der Waals surface area (Å²) in [4.78, 5) is 12.0. The monoisotopic (exact) mass is 241 g/mol. The lowest BCUT2D eigenvalue weighted by atomic mass is 10.1. The van der Waals surface area contributed by atoms with E-state index in [1.807, 2.05) is 0 Å². The molecule has 1 aliphatic rings. The van der Waals surface area contributed by atoms with Gasteiger partial charge in [0.05, 0.1) is 20.1 Å². The molecule has 1 N–H and O–H groups in total. The Bertz CT molecular complexity index is 245. The fourth-order valence-corrected chi connectivity index (χ4v) is 2.93. The Morgan fingerprint density at radius 2 is 1.94 bits per heavy atom. The van der Waals surface area contributed by atoms with Crippen LogP contribution in [0.25, 0.3) is 0 Å². The maximum Gasteiger partial charge on any atom is 0.275 e. The van der Waals surface area contributed by atoms with Gasteiger partial charge < -0.3 is 9.80 Å². The second kappa shape index (κ2) is 6.39. The van der Waals surface area contributed by atoms with Gasteiger partial charge in [-0.25, -0.2) is 0 Å². The van der Waals surface area contributed by atoms with E-state index in [2.05, 4.69) is 33.3 Å². The molecule has 0 heterocycles. The fourth-order valence-electron chi connectivity index (χ4n) is 2.93. The molecule has 1 fully saturated rings. The van der Waals surface area contributed by atoms with Gasteiger partial charge in [-0.15, -0.1) is 0 Å². The van der Waals surface area contributed by atoms with E-state index in [4.69, 9.17) is 0 Å². The number of rotatable bonds is 6. The molecule has 1 saturated carbocycles. The summed E-state index contributed by atoms with van der Waals surface area (Å²) in [6.45, 7) is 4.87. The molecular weight excluding hydrogens is 212 g/mol. The van der Waals surface area contributed by atoms with Crippen molar-refractivity contribution in [1.29, 1.82) is 0 Å². The van der Waals surface area contributed by atoms with Crippen molar-refractivity contribution >= 4 is 5.91 Å². The SMILES string of the molecule is CCC[C@@H](C)NC(=O)C[N+](C)(C)C1CCCC1. The second-order valence-corrected chi connectivity index (χ2v) is 6.13. The van der Waals surface area contributed by atoms with Gasteiger partial charge in [0.25, 0.3) is 5.91 Å². The lowest BCUT2D eigenvalue weighted by Crippen LogP contribution is -2.53. The minimum absolute atomic E-state index is 0.211. The molecule has 1 atom stereocenters. The van der Waals surface area contributed by atoms with Gasteiger partial charge in [-0.3, -0.25) is 4.79 Å². The molecule has 0 bridgehead atoms. The van der Waals surface area contributed by atoms with Crippen LogP contribution in [0, 0.1) is 0 Å². The van der Waals surface area contributed by atoms with Crippen molar-refractivity contribution in [2.45, 2.75) is 64.5 Å². The third kappa shape index (κ3) is 4.66. The number of quaternary nitrogens is 1. The molecule has 0 aliphatic heterocycles. The van der Waals surface area contributed by atoms with Crippen LogP contribution in [0.3, 0.4) is 0 Å². The van der Waals surface area contributed by atoms with E-state index in [1.165, 1.54) is 25.7 Å². The van der Waals surface area contributed by atoms with Crippen molar-refractivity contribution in [3.63, 3.8) is 0 Å². The van der Waals surface area contributed by atoms with Gasteiger partial charge in [-0.05, 0) is 39.0 Å². The minimum atomic E-state index is 0.211. The van der Waals surface area contributed by atoms with E-state index >= 15 is 0 Å². The Hall–Kier alpha value is -0.570. The van der Waals surface area contributed by atoms with Crippen molar-refractivity contribution in [2.75, 3.05) is 20.6 Å². The first-order chi connectivity index (χ1) is 7.95. The summed E-state index contributed by atoms with van der Waals surface area (Å²) >= 11 is 0. The highest BCUT2D eigenvalue weighted by Gasteiger charge is 2.33. The molecular formula is C14H29N2O+. The van der Waals surface area contributed by atoms with Crippen LogP contribution in [0.4, 0.5) is 0 Å². The Morgan fingerprint density at radius 1 is 1.35 bits per heavy atom. The van der Waals surface area contributed by atoms with E-state index < -0.39 is 0 Å². The first-order valence-electron chi connectivity index (χ1n) is 7.07. The van der Waals surface area contributed by atoms with Gasteiger partial charge in [0, 0.05) is 6.04 Å². The van der Waals surface area contributed by atoms with E-state index in [0.29, 0.717) is 18.6 Å². The summed E-state index contributed by atoms with van der Waals surface area (Å²) in [5.41, 5.74) is 0. The molecule has 3 nitrogen and oxygen atoms in total. The number of hydrogen-bond donors (Lipinski definition) is 1. The Kier molecular flexibility index (Phi) is 5.44. The standard InChI is InChI=1S/C14H28N2O/c1-5-8-12(2)15-14(17)11-16(3,4)13-9-6-7-10-13/h12-13H,5-11H2,1-4H3/p+1/t12-/m1/s1. The van der Waals surface area contributed by atoms with E-state index in [9.17, 15) is 4.79 Å². The fraction of sp³-hybridized carbons (Fsp3) is 0.929. The van der Waals surface area contributed by atoms with Crippen LogP contribution in [0.5, 0.6) is 0 Å². The van der Waals surface area contributed by atoms with Crippen molar-refractivity contribution in [1.82, 2.24) is 5.32 Å². The zero-order valence-electron chi connectivity index (χ0n) is 12.0. The van der Waals surface area contributed by atoms with Crippen LogP contribution in [0.15, 0.2) is 0 Å². The Labute approximate surface area is 106 Å². The highest BCUT2D eigenvalue weighted by atomic mass is 16.2. The lowest BCUT2D eigenvalue weighted by Gasteiger charge is -2.35. The maximum absolute atomic E-state index is 12.0. The van der Waals surface area contributed by atoms with E-state index in [0.717, 1.165) is 17.3 Å². The lowest BCUT2D eigenvalue weighted by molar-refractivity contribution is -0.906. The van der Waals surface area contributed by atoms with Gasteiger partial charge in [0.1, 0.15) is 0 Å². The van der Waals surface area contributed by atoms with Crippen LogP contribution in [0.1, 0.15) is 52.4 Å². The first kappa shape index (κ1) is 14.5. The minimum Gasteiger partial charge on any atom is -0.349 e. The summed E-state index contributed by atoms with van der Waals surface area (Å²) in [7, 11) is 4.39. The normalized spacial score (nSPS) is 19.3. The Morgan fingerprint density at radius 3 is 2.47 bits per heavy atom. The quantitative estimate of drug-likeness (QED) is 0.710. The molecule has 0 saturated heterocycles. The molecule has 1 rings (SSSR count). The van der Waals surface area contributed by atoms with Gasteiger partial charge in [-0.2, -0.15) is 0 Å². The van der Waals surface area contributed by atoms with Crippen LogP contribution >= 0.6 is 0 Å². The highest BCUT2D eigenvalue weighted by Crippen LogP contribution is 2.26. The summed E-state index contributed by atoms with van der Waals surface area (Å²) in [5, 5.41) is 3.11. The average molecular weight is 241 g/mol. The molecule has 0 aromatic carbocycles. The number of hydrogen-bond acceptors (Lipinski definition) is 1. The first-order valence-corrected chi connectivity index (χ1v) is 7.07. The maximum atomic E-state index is 12.0. The van der Waals surface area contributed by atoms with Crippen LogP contribution < -0.4 is 5.32 Å². The van der Waals surface area contributed by atoms with Gasteiger partial charge in [0.2, 0.25) is 0 Å². The molecule has 3 heteroatoms. The Balaban J connectivity index is 2.38. The number of carbonyl (C=O) groups excluding carboxylic acids is 1. The average Bonchev–Trinajstić information content (AvgIpc) is 2.69. The number of carbonyl (C=O) groups is 1. The number of nitrogens with one attached hydrogen (secondary N) is 1. The predicted molar refractivity (Wildman–Crippen MR) is 71.7 cm³/mol. The van der Waals surface area contributed by atoms with E-state index in [1.54, 1.807) is 0 Å². The third-order valence-electron chi connectivity index (χ3n) is 3.99. The molecule has 0 unspecified atom stereocenters. The topological polar surface area (TPSA) is 29.1 Å². The van der Waals surface area contributed by atoms with Gasteiger partial charge in [0.15, 0.2) is 6.54 Å². The summed E-state index contributed by atoms with van der Waals surface area (Å²) in [6.07, 6.45) is 7.43. The van der Waals surface area contributed by atoms with Crippen molar-refractivity contribution < 1.29 is 9.28 Å². The smallest absolute Gasteiger partial charge is 0.275 e. The van der Waals surface area contributed by atoms with Crippen LogP contribution in [-0.2, 0) is 4.79 Å². The largest absolute Gasteiger partial charge is 0.349 e. The summed E-state index contributed by atoms with van der Waals surface area (Å²) in [5.74, 6) is 0.211. The molecule has 0 aromatic heterocycles. The van der Waals surface area contributed by atoms with Gasteiger partial charge in [-0.1, -0.05) is 13.3 Å². The molecule has 0 radical (unpaired) electrons. The third-order valence-corrected chi connectivity index (χ3v) is 3.99. The molecule has 1 aliphatic carbocycles. The zero-order chi connectivity index (χ0) is 12.9. The zero-order valence-corrected chi connectivity index (χ0v) is 12.0. The van der Waals surface area contributed by atoms with Crippen molar-refractivity contribution in [3.8, 4) is 0 Å². The predicted octanol–water partition coefficient (Wildman–Crippen LogP) is 2.31. The van der Waals surface area contributed by atoms with Crippen LogP contribution in [-0.4, -0.2) is 43.1 Å². The number of likely N-dealkylation sites (N-methyl/N-ethyl adjacent to an activating group) is 1. The molecule has 1 amide bonds. The summed E-state index contributed by atoms with van der Waals surface area (Å²) in [6, 6.07) is 0.998. The van der Waals surface area contributed by atoms with Crippen molar-refractivity contribution in [2.24, 2.45) is 0 Å². The molecule has 0 aromatic rings. The molecule has 17 heavy (non-hydrogen) atoms. The summed E-state index contributed by atoms with van der Waals surface area (Å²) < 4.78 is 0.852.